The number of nitriles is 1. The Labute approximate surface area is 118 Å². The Bertz CT molecular complexity index is 449. The monoisotopic (exact) mass is 258 g/mol. The van der Waals surface area contributed by atoms with Crippen LogP contribution in [0.2, 0.25) is 0 Å². The molecular formula is C17H26N2. The smallest absolute Gasteiger partial charge is 0.0635 e. The third kappa shape index (κ3) is 5.04. The second-order valence-electron chi connectivity index (χ2n) is 6.35. The van der Waals surface area contributed by atoms with Crippen LogP contribution in [0.25, 0.3) is 0 Å². The summed E-state index contributed by atoms with van der Waals surface area (Å²) in [5, 5.41) is 8.59. The van der Waals surface area contributed by atoms with Gasteiger partial charge in [-0.25, -0.2) is 0 Å². The van der Waals surface area contributed by atoms with E-state index in [0.717, 1.165) is 19.5 Å². The summed E-state index contributed by atoms with van der Waals surface area (Å²) < 4.78 is 0. The van der Waals surface area contributed by atoms with Crippen LogP contribution in [0.3, 0.4) is 0 Å². The average molecular weight is 258 g/mol. The minimum atomic E-state index is 0.204. The van der Waals surface area contributed by atoms with E-state index >= 15 is 0 Å². The molecule has 0 unspecified atom stereocenters. The maximum Gasteiger partial charge on any atom is 0.0635 e. The fourth-order valence-corrected chi connectivity index (χ4v) is 2.07. The lowest BCUT2D eigenvalue weighted by atomic mass is 9.85. The van der Waals surface area contributed by atoms with E-state index < -0.39 is 0 Å². The van der Waals surface area contributed by atoms with Crippen molar-refractivity contribution in [1.29, 1.82) is 5.26 Å². The number of rotatable bonds is 5. The SMILES string of the molecule is Cc1ccc(C(C)(C)C)cc1CCN(C)CCC#N. The van der Waals surface area contributed by atoms with Crippen molar-refractivity contribution in [2.45, 2.75) is 46.0 Å². The van der Waals surface area contributed by atoms with Gasteiger partial charge in [-0.05, 0) is 42.5 Å². The molecule has 1 aromatic carbocycles. The molecule has 2 nitrogen and oxygen atoms in total. The van der Waals surface area contributed by atoms with Gasteiger partial charge < -0.3 is 4.90 Å². The minimum Gasteiger partial charge on any atom is -0.305 e. The highest BCUT2D eigenvalue weighted by Crippen LogP contribution is 2.24. The Morgan fingerprint density at radius 1 is 1.21 bits per heavy atom. The first-order chi connectivity index (χ1) is 8.84. The van der Waals surface area contributed by atoms with Crippen molar-refractivity contribution in [3.8, 4) is 6.07 Å². The van der Waals surface area contributed by atoms with Crippen molar-refractivity contribution in [2.75, 3.05) is 20.1 Å². The van der Waals surface area contributed by atoms with Gasteiger partial charge in [0.15, 0.2) is 0 Å². The molecule has 0 spiro atoms. The van der Waals surface area contributed by atoms with Crippen molar-refractivity contribution < 1.29 is 0 Å². The lowest BCUT2D eigenvalue weighted by Crippen LogP contribution is -2.22. The second-order valence-corrected chi connectivity index (χ2v) is 6.35. The summed E-state index contributed by atoms with van der Waals surface area (Å²) in [6.45, 7) is 10.8. The molecule has 0 heterocycles. The Balaban J connectivity index is 2.70. The van der Waals surface area contributed by atoms with E-state index in [4.69, 9.17) is 5.26 Å². The molecule has 0 N–H and O–H groups in total. The van der Waals surface area contributed by atoms with E-state index in [1.54, 1.807) is 0 Å². The van der Waals surface area contributed by atoms with E-state index in [1.165, 1.54) is 16.7 Å². The summed E-state index contributed by atoms with van der Waals surface area (Å²) in [5.74, 6) is 0. The number of hydrogen-bond donors (Lipinski definition) is 0. The zero-order valence-corrected chi connectivity index (χ0v) is 13.0. The molecule has 0 radical (unpaired) electrons. The molecule has 0 aliphatic heterocycles. The van der Waals surface area contributed by atoms with Crippen LogP contribution in [0.5, 0.6) is 0 Å². The van der Waals surface area contributed by atoms with Crippen molar-refractivity contribution in [1.82, 2.24) is 4.90 Å². The molecule has 0 aliphatic rings. The van der Waals surface area contributed by atoms with E-state index in [2.05, 4.69) is 63.9 Å². The number of hydrogen-bond acceptors (Lipinski definition) is 2. The third-order valence-electron chi connectivity index (χ3n) is 3.58. The highest BCUT2D eigenvalue weighted by molar-refractivity contribution is 5.34. The van der Waals surface area contributed by atoms with Crippen LogP contribution in [0.15, 0.2) is 18.2 Å². The summed E-state index contributed by atoms with van der Waals surface area (Å²) in [6.07, 6.45) is 1.66. The first kappa shape index (κ1) is 15.7. The predicted octanol–water partition coefficient (Wildman–Crippen LogP) is 3.68. The van der Waals surface area contributed by atoms with Gasteiger partial charge in [-0.1, -0.05) is 39.0 Å². The van der Waals surface area contributed by atoms with Gasteiger partial charge in [0.05, 0.1) is 6.07 Å². The second kappa shape index (κ2) is 6.73. The molecule has 0 aromatic heterocycles. The number of aryl methyl sites for hydroxylation is 1. The molecule has 0 saturated heterocycles. The Morgan fingerprint density at radius 3 is 2.47 bits per heavy atom. The van der Waals surface area contributed by atoms with E-state index in [9.17, 15) is 0 Å². The molecule has 0 aliphatic carbocycles. The molecular weight excluding hydrogens is 232 g/mol. The maximum atomic E-state index is 8.59. The van der Waals surface area contributed by atoms with Crippen molar-refractivity contribution in [3.63, 3.8) is 0 Å². The molecule has 1 aromatic rings. The Morgan fingerprint density at radius 2 is 1.89 bits per heavy atom. The fourth-order valence-electron chi connectivity index (χ4n) is 2.07. The quantitative estimate of drug-likeness (QED) is 0.805. The molecule has 0 amide bonds. The molecule has 104 valence electrons. The number of nitrogens with zero attached hydrogens (tertiary/aromatic N) is 2. The molecule has 0 atom stereocenters. The lowest BCUT2D eigenvalue weighted by molar-refractivity contribution is 0.346. The highest BCUT2D eigenvalue weighted by atomic mass is 15.1. The Hall–Kier alpha value is -1.33. The van der Waals surface area contributed by atoms with E-state index in [1.807, 2.05) is 0 Å². The van der Waals surface area contributed by atoms with Crippen molar-refractivity contribution in [3.05, 3.63) is 34.9 Å². The largest absolute Gasteiger partial charge is 0.305 e. The normalized spacial score (nSPS) is 11.6. The van der Waals surface area contributed by atoms with Gasteiger partial charge in [0.1, 0.15) is 0 Å². The van der Waals surface area contributed by atoms with Gasteiger partial charge in [-0.2, -0.15) is 5.26 Å². The van der Waals surface area contributed by atoms with Crippen LogP contribution in [0.1, 0.15) is 43.9 Å². The number of benzene rings is 1. The molecule has 0 bridgehead atoms. The van der Waals surface area contributed by atoms with Gasteiger partial charge in [-0.15, -0.1) is 0 Å². The first-order valence-electron chi connectivity index (χ1n) is 7.00. The van der Waals surface area contributed by atoms with Crippen molar-refractivity contribution in [2.24, 2.45) is 0 Å². The average Bonchev–Trinajstić information content (AvgIpc) is 2.33. The van der Waals surface area contributed by atoms with Gasteiger partial charge in [0.25, 0.3) is 0 Å². The third-order valence-corrected chi connectivity index (χ3v) is 3.58. The standard InChI is InChI=1S/C17H26N2/c1-14-7-8-16(17(2,3)4)13-15(14)9-12-19(5)11-6-10-18/h7-8,13H,6,9,11-12H2,1-5H3. The maximum absolute atomic E-state index is 8.59. The van der Waals surface area contributed by atoms with Crippen LogP contribution in [-0.2, 0) is 11.8 Å². The summed E-state index contributed by atoms with van der Waals surface area (Å²) in [7, 11) is 2.08. The summed E-state index contributed by atoms with van der Waals surface area (Å²) in [4.78, 5) is 2.23. The zero-order valence-electron chi connectivity index (χ0n) is 13.0. The highest BCUT2D eigenvalue weighted by Gasteiger charge is 2.14. The van der Waals surface area contributed by atoms with Gasteiger partial charge >= 0.3 is 0 Å². The Kier molecular flexibility index (Phi) is 5.57. The summed E-state index contributed by atoms with van der Waals surface area (Å²) >= 11 is 0. The van der Waals surface area contributed by atoms with Crippen molar-refractivity contribution >= 4 is 0 Å². The molecule has 0 saturated carbocycles. The molecule has 0 fully saturated rings. The predicted molar refractivity (Wildman–Crippen MR) is 81.3 cm³/mol. The van der Waals surface area contributed by atoms with Crippen LogP contribution in [0.4, 0.5) is 0 Å². The first-order valence-corrected chi connectivity index (χ1v) is 7.00. The fraction of sp³-hybridized carbons (Fsp3) is 0.588. The van der Waals surface area contributed by atoms with Crippen LogP contribution in [0, 0.1) is 18.3 Å². The summed E-state index contributed by atoms with van der Waals surface area (Å²) in [5.41, 5.74) is 4.39. The molecule has 2 heteroatoms. The lowest BCUT2D eigenvalue weighted by Gasteiger charge is -2.22. The topological polar surface area (TPSA) is 27.0 Å². The number of likely N-dealkylation sites (N-methyl/N-ethyl adjacent to an activating group) is 1. The van der Waals surface area contributed by atoms with Gasteiger partial charge in [-0.3, -0.25) is 0 Å². The van der Waals surface area contributed by atoms with Gasteiger partial charge in [0.2, 0.25) is 0 Å². The van der Waals surface area contributed by atoms with Gasteiger partial charge in [0, 0.05) is 19.5 Å². The van der Waals surface area contributed by atoms with E-state index in [0.29, 0.717) is 6.42 Å². The minimum absolute atomic E-state index is 0.204. The summed E-state index contributed by atoms with van der Waals surface area (Å²) in [6, 6.07) is 9.00. The van der Waals surface area contributed by atoms with Crippen LogP contribution >= 0.6 is 0 Å². The van der Waals surface area contributed by atoms with Crippen LogP contribution < -0.4 is 0 Å². The zero-order chi connectivity index (χ0) is 14.5. The molecule has 19 heavy (non-hydrogen) atoms. The molecule has 1 rings (SSSR count). The van der Waals surface area contributed by atoms with E-state index in [-0.39, 0.29) is 5.41 Å². The van der Waals surface area contributed by atoms with Crippen LogP contribution in [-0.4, -0.2) is 25.0 Å².